The summed E-state index contributed by atoms with van der Waals surface area (Å²) in [6.45, 7) is 3.83. The summed E-state index contributed by atoms with van der Waals surface area (Å²) in [6.07, 6.45) is -4.83. The Hall–Kier alpha value is -5.25. The first-order chi connectivity index (χ1) is 21.1. The minimum absolute atomic E-state index is 0.109. The van der Waals surface area contributed by atoms with Crippen molar-refractivity contribution in [2.75, 3.05) is 10.6 Å². The molecular weight excluding hydrogens is 569 g/mol. The standard InChI is InChI=1S/C34H29F3N4O3/c1-21-10-6-8-14-29(21)43-25-16-24(17-26(18-25)44-30-15-9-7-11-22(30)2)38-33(42)28-20-32-39-27(23-12-4-3-5-13-23)19-31(34(35,36)37)41(32)40-28/h3-18,20,27,31,39H,19H2,1-2H3,(H,38,42)/t27-,31+/m0/s1. The average molecular weight is 599 g/mol. The van der Waals surface area contributed by atoms with Crippen molar-refractivity contribution in [3.63, 3.8) is 0 Å². The van der Waals surface area contributed by atoms with Crippen LogP contribution in [0.1, 0.15) is 45.7 Å². The SMILES string of the molecule is Cc1ccccc1Oc1cc(NC(=O)c2cc3n(n2)[C@@H](C(F)(F)F)C[C@@H](c2ccccc2)N3)cc(Oc2ccccc2C)c1. The van der Waals surface area contributed by atoms with Gasteiger partial charge in [-0.15, -0.1) is 0 Å². The maximum Gasteiger partial charge on any atom is 0.410 e. The van der Waals surface area contributed by atoms with Gasteiger partial charge in [0, 0.05) is 36.4 Å². The molecule has 224 valence electrons. The van der Waals surface area contributed by atoms with Crippen molar-refractivity contribution in [3.05, 3.63) is 126 Å². The maximum atomic E-state index is 14.2. The average Bonchev–Trinajstić information content (AvgIpc) is 3.43. The summed E-state index contributed by atoms with van der Waals surface area (Å²) in [5.41, 5.74) is 2.69. The molecule has 5 aromatic rings. The van der Waals surface area contributed by atoms with Gasteiger partial charge in [-0.3, -0.25) is 4.79 Å². The fourth-order valence-electron chi connectivity index (χ4n) is 5.14. The van der Waals surface area contributed by atoms with Crippen molar-refractivity contribution in [1.82, 2.24) is 9.78 Å². The third-order valence-electron chi connectivity index (χ3n) is 7.41. The Labute approximate surface area is 252 Å². The molecule has 0 radical (unpaired) electrons. The number of carbonyl (C=O) groups is 1. The number of para-hydroxylation sites is 2. The number of aromatic nitrogens is 2. The number of hydrogen-bond acceptors (Lipinski definition) is 5. The minimum Gasteiger partial charge on any atom is -0.457 e. The second-order valence-electron chi connectivity index (χ2n) is 10.6. The van der Waals surface area contributed by atoms with Crippen molar-refractivity contribution in [2.45, 2.75) is 38.5 Å². The summed E-state index contributed by atoms with van der Waals surface area (Å²) in [7, 11) is 0. The number of nitrogens with zero attached hydrogens (tertiary/aromatic N) is 2. The first kappa shape index (κ1) is 28.9. The van der Waals surface area contributed by atoms with Gasteiger partial charge >= 0.3 is 6.18 Å². The van der Waals surface area contributed by atoms with Crippen molar-refractivity contribution in [3.8, 4) is 23.0 Å². The number of halogens is 3. The minimum atomic E-state index is -4.56. The van der Waals surface area contributed by atoms with E-state index in [-0.39, 0.29) is 17.9 Å². The van der Waals surface area contributed by atoms with E-state index in [0.717, 1.165) is 15.8 Å². The quantitative estimate of drug-likeness (QED) is 0.196. The molecule has 2 N–H and O–H groups in total. The van der Waals surface area contributed by atoms with Gasteiger partial charge in [-0.1, -0.05) is 66.7 Å². The van der Waals surface area contributed by atoms with Crippen molar-refractivity contribution >= 4 is 17.4 Å². The summed E-state index contributed by atoms with van der Waals surface area (Å²) in [6, 6.07) is 27.7. The Kier molecular flexibility index (Phi) is 7.73. The molecule has 0 bridgehead atoms. The Morgan fingerprint density at radius 3 is 1.98 bits per heavy atom. The third-order valence-corrected chi connectivity index (χ3v) is 7.41. The van der Waals surface area contributed by atoms with Gasteiger partial charge in [0.1, 0.15) is 28.8 Å². The van der Waals surface area contributed by atoms with E-state index in [9.17, 15) is 18.0 Å². The predicted molar refractivity (Wildman–Crippen MR) is 162 cm³/mol. The summed E-state index contributed by atoms with van der Waals surface area (Å²) >= 11 is 0. The fraction of sp³-hybridized carbons (Fsp3) is 0.176. The van der Waals surface area contributed by atoms with Crippen LogP contribution < -0.4 is 20.1 Å². The van der Waals surface area contributed by atoms with Gasteiger partial charge in [0.25, 0.3) is 5.91 Å². The van der Waals surface area contributed by atoms with Crippen LogP contribution in [0.5, 0.6) is 23.0 Å². The molecule has 2 atom stereocenters. The van der Waals surface area contributed by atoms with Crippen LogP contribution in [0.25, 0.3) is 0 Å². The van der Waals surface area contributed by atoms with Crippen LogP contribution >= 0.6 is 0 Å². The topological polar surface area (TPSA) is 77.4 Å². The van der Waals surface area contributed by atoms with Gasteiger partial charge in [0.15, 0.2) is 11.7 Å². The molecule has 4 aromatic carbocycles. The van der Waals surface area contributed by atoms with Gasteiger partial charge in [-0.05, 0) is 42.7 Å². The fourth-order valence-corrected chi connectivity index (χ4v) is 5.14. The molecule has 1 aliphatic rings. The molecular formula is C34H29F3N4O3. The van der Waals surface area contributed by atoms with E-state index >= 15 is 0 Å². The van der Waals surface area contributed by atoms with Gasteiger partial charge in [0.05, 0.1) is 6.04 Å². The molecule has 10 heteroatoms. The summed E-state index contributed by atoms with van der Waals surface area (Å²) in [5, 5.41) is 9.97. The molecule has 7 nitrogen and oxygen atoms in total. The molecule has 1 amide bonds. The smallest absolute Gasteiger partial charge is 0.410 e. The number of amides is 1. The molecule has 44 heavy (non-hydrogen) atoms. The number of nitrogens with one attached hydrogen (secondary N) is 2. The van der Waals surface area contributed by atoms with Crippen LogP contribution in [-0.2, 0) is 0 Å². The zero-order valence-electron chi connectivity index (χ0n) is 23.9. The molecule has 2 heterocycles. The van der Waals surface area contributed by atoms with Gasteiger partial charge < -0.3 is 20.1 Å². The van der Waals surface area contributed by atoms with E-state index in [1.165, 1.54) is 6.07 Å². The van der Waals surface area contributed by atoms with E-state index in [1.807, 2.05) is 62.4 Å². The maximum absolute atomic E-state index is 14.2. The highest BCUT2D eigenvalue weighted by Gasteiger charge is 2.46. The van der Waals surface area contributed by atoms with Crippen molar-refractivity contribution in [2.24, 2.45) is 0 Å². The molecule has 0 saturated carbocycles. The van der Waals surface area contributed by atoms with Crippen LogP contribution in [0.2, 0.25) is 0 Å². The van der Waals surface area contributed by atoms with Crippen LogP contribution in [0.15, 0.2) is 103 Å². The Balaban J connectivity index is 1.30. The normalized spacial score (nSPS) is 16.0. The number of alkyl halides is 3. The number of aryl methyl sites for hydroxylation is 2. The highest BCUT2D eigenvalue weighted by atomic mass is 19.4. The van der Waals surface area contributed by atoms with Crippen LogP contribution in [0.3, 0.4) is 0 Å². The monoisotopic (exact) mass is 598 g/mol. The molecule has 1 aromatic heterocycles. The molecule has 0 saturated heterocycles. The van der Waals surface area contributed by atoms with E-state index in [0.29, 0.717) is 34.2 Å². The lowest BCUT2D eigenvalue weighted by Crippen LogP contribution is -2.35. The van der Waals surface area contributed by atoms with Crippen LogP contribution in [-0.4, -0.2) is 21.9 Å². The number of hydrogen-bond donors (Lipinski definition) is 2. The summed E-state index contributed by atoms with van der Waals surface area (Å²) in [5.74, 6) is 1.47. The number of benzene rings is 4. The number of fused-ring (bicyclic) bond motifs is 1. The van der Waals surface area contributed by atoms with Crippen molar-refractivity contribution < 1.29 is 27.4 Å². The van der Waals surface area contributed by atoms with Gasteiger partial charge in [0.2, 0.25) is 0 Å². The van der Waals surface area contributed by atoms with Crippen LogP contribution in [0.4, 0.5) is 24.7 Å². The first-order valence-electron chi connectivity index (χ1n) is 14.1. The highest BCUT2D eigenvalue weighted by Crippen LogP contribution is 2.44. The lowest BCUT2D eigenvalue weighted by molar-refractivity contribution is -0.173. The largest absolute Gasteiger partial charge is 0.457 e. The number of anilines is 2. The second kappa shape index (κ2) is 11.8. The summed E-state index contributed by atoms with van der Waals surface area (Å²) in [4.78, 5) is 13.4. The van der Waals surface area contributed by atoms with E-state index in [1.54, 1.807) is 48.5 Å². The third kappa shape index (κ3) is 6.24. The number of ether oxygens (including phenoxy) is 2. The van der Waals surface area contributed by atoms with Crippen LogP contribution in [0, 0.1) is 13.8 Å². The molecule has 0 fully saturated rings. The van der Waals surface area contributed by atoms with E-state index in [2.05, 4.69) is 15.7 Å². The molecule has 0 unspecified atom stereocenters. The van der Waals surface area contributed by atoms with Gasteiger partial charge in [-0.2, -0.15) is 18.3 Å². The number of rotatable bonds is 7. The van der Waals surface area contributed by atoms with E-state index < -0.39 is 24.2 Å². The van der Waals surface area contributed by atoms with E-state index in [4.69, 9.17) is 9.47 Å². The lowest BCUT2D eigenvalue weighted by Gasteiger charge is -2.33. The second-order valence-corrected chi connectivity index (χ2v) is 10.6. The lowest BCUT2D eigenvalue weighted by atomic mass is 9.97. The molecule has 0 aliphatic carbocycles. The molecule has 0 spiro atoms. The first-order valence-corrected chi connectivity index (χ1v) is 14.1. The zero-order chi connectivity index (χ0) is 30.8. The molecule has 6 rings (SSSR count). The number of carbonyl (C=O) groups excluding carboxylic acids is 1. The zero-order valence-corrected chi connectivity index (χ0v) is 23.9. The predicted octanol–water partition coefficient (Wildman–Crippen LogP) is 9.00. The highest BCUT2D eigenvalue weighted by molar-refractivity contribution is 6.03. The Morgan fingerprint density at radius 1 is 0.841 bits per heavy atom. The Morgan fingerprint density at radius 2 is 1.41 bits per heavy atom. The Bertz CT molecular complexity index is 1740. The van der Waals surface area contributed by atoms with Gasteiger partial charge in [-0.25, -0.2) is 4.68 Å². The summed E-state index contributed by atoms with van der Waals surface area (Å²) < 4.78 is 55.6. The van der Waals surface area contributed by atoms with Crippen molar-refractivity contribution in [1.29, 1.82) is 0 Å². The molecule has 1 aliphatic heterocycles.